The maximum Gasteiger partial charge on any atom is 0.244 e. The molecule has 0 saturated heterocycles. The van der Waals surface area contributed by atoms with Gasteiger partial charge in [-0.2, -0.15) is 0 Å². The zero-order valence-corrected chi connectivity index (χ0v) is 19.9. The molecule has 1 atom stereocenters. The zero-order chi connectivity index (χ0) is 24.1. The number of benzene rings is 2. The first-order chi connectivity index (χ1) is 14.9. The Morgan fingerprint density at radius 3 is 2.28 bits per heavy atom. The van der Waals surface area contributed by atoms with E-state index in [1.54, 1.807) is 32.9 Å². The van der Waals surface area contributed by atoms with E-state index < -0.39 is 34.3 Å². The lowest BCUT2D eigenvalue weighted by Gasteiger charge is -2.32. The van der Waals surface area contributed by atoms with Gasteiger partial charge in [0.15, 0.2) is 0 Å². The van der Waals surface area contributed by atoms with Crippen molar-refractivity contribution in [2.75, 3.05) is 23.7 Å². The Morgan fingerprint density at radius 2 is 1.72 bits per heavy atom. The van der Waals surface area contributed by atoms with E-state index in [0.717, 1.165) is 16.1 Å². The van der Waals surface area contributed by atoms with Crippen LogP contribution in [0.1, 0.15) is 30.5 Å². The van der Waals surface area contributed by atoms with Crippen molar-refractivity contribution in [2.24, 2.45) is 0 Å². The summed E-state index contributed by atoms with van der Waals surface area (Å²) in [5.41, 5.74) is 2.59. The highest BCUT2D eigenvalue weighted by atomic mass is 32.2. The van der Waals surface area contributed by atoms with E-state index >= 15 is 0 Å². The second-order valence-corrected chi connectivity index (χ2v) is 9.69. The molecule has 0 aromatic heterocycles. The molecule has 0 aliphatic rings. The summed E-state index contributed by atoms with van der Waals surface area (Å²) < 4.78 is 39.5. The number of carbonyl (C=O) groups is 2. The number of halogens is 1. The number of likely N-dealkylation sites (N-methyl/N-ethyl adjacent to an activating group) is 1. The molecule has 0 radical (unpaired) electrons. The lowest BCUT2D eigenvalue weighted by atomic mass is 10.1. The lowest BCUT2D eigenvalue weighted by Crippen LogP contribution is -2.51. The Balaban J connectivity index is 2.42. The van der Waals surface area contributed by atoms with Crippen molar-refractivity contribution < 1.29 is 22.4 Å². The molecule has 7 nitrogen and oxygen atoms in total. The summed E-state index contributed by atoms with van der Waals surface area (Å²) in [7, 11) is -3.78. The fourth-order valence-corrected chi connectivity index (χ4v) is 4.17. The number of rotatable bonds is 9. The summed E-state index contributed by atoms with van der Waals surface area (Å²) >= 11 is 0. The predicted octanol–water partition coefficient (Wildman–Crippen LogP) is 2.76. The number of hydrogen-bond donors (Lipinski definition) is 1. The van der Waals surface area contributed by atoms with Crippen molar-refractivity contribution in [1.82, 2.24) is 10.2 Å². The highest BCUT2D eigenvalue weighted by Crippen LogP contribution is 2.24. The van der Waals surface area contributed by atoms with Gasteiger partial charge in [-0.3, -0.25) is 13.9 Å². The molecular formula is C23H30FN3O4S. The third-order valence-corrected chi connectivity index (χ3v) is 6.22. The van der Waals surface area contributed by atoms with Gasteiger partial charge in [0, 0.05) is 13.1 Å². The van der Waals surface area contributed by atoms with Crippen LogP contribution in [0.25, 0.3) is 0 Å². The molecule has 2 amide bonds. The van der Waals surface area contributed by atoms with Crippen LogP contribution in [0.5, 0.6) is 0 Å². The van der Waals surface area contributed by atoms with E-state index in [2.05, 4.69) is 5.32 Å². The van der Waals surface area contributed by atoms with Crippen molar-refractivity contribution >= 4 is 27.5 Å². The molecule has 9 heteroatoms. The number of nitrogens with zero attached hydrogens (tertiary/aromatic N) is 2. The van der Waals surface area contributed by atoms with Gasteiger partial charge >= 0.3 is 0 Å². The van der Waals surface area contributed by atoms with Gasteiger partial charge in [-0.05, 0) is 62.6 Å². The molecule has 0 unspecified atom stereocenters. The van der Waals surface area contributed by atoms with Crippen LogP contribution < -0.4 is 9.62 Å². The van der Waals surface area contributed by atoms with Crippen LogP contribution in [0.15, 0.2) is 42.5 Å². The maximum atomic E-state index is 13.4. The van der Waals surface area contributed by atoms with Crippen molar-refractivity contribution in [3.8, 4) is 0 Å². The fourth-order valence-electron chi connectivity index (χ4n) is 3.27. The van der Waals surface area contributed by atoms with Crippen LogP contribution in [-0.4, -0.2) is 50.5 Å². The van der Waals surface area contributed by atoms with E-state index in [1.165, 1.54) is 29.2 Å². The SMILES string of the molecule is CCNC(=O)[C@@H](C)N(Cc1ccc(F)cc1)C(=O)CN(c1cc(C)ccc1C)S(C)(=O)=O. The quantitative estimate of drug-likeness (QED) is 0.620. The molecule has 174 valence electrons. The Labute approximate surface area is 189 Å². The summed E-state index contributed by atoms with van der Waals surface area (Å²) in [5.74, 6) is -1.32. The molecule has 1 N–H and O–H groups in total. The number of aryl methyl sites for hydroxylation is 2. The molecule has 0 saturated carbocycles. The molecule has 0 aliphatic heterocycles. The highest BCUT2D eigenvalue weighted by molar-refractivity contribution is 7.92. The van der Waals surface area contributed by atoms with E-state index in [1.807, 2.05) is 13.0 Å². The number of nitrogens with one attached hydrogen (secondary N) is 1. The molecule has 2 aromatic carbocycles. The van der Waals surface area contributed by atoms with Crippen molar-refractivity contribution in [1.29, 1.82) is 0 Å². The van der Waals surface area contributed by atoms with Crippen LogP contribution in [0, 0.1) is 19.7 Å². The van der Waals surface area contributed by atoms with Gasteiger partial charge < -0.3 is 10.2 Å². The topological polar surface area (TPSA) is 86.8 Å². The largest absolute Gasteiger partial charge is 0.355 e. The highest BCUT2D eigenvalue weighted by Gasteiger charge is 2.30. The Kier molecular flexibility index (Phi) is 8.38. The van der Waals surface area contributed by atoms with Gasteiger partial charge in [0.25, 0.3) is 0 Å². The average Bonchev–Trinajstić information content (AvgIpc) is 2.72. The number of amides is 2. The third-order valence-electron chi connectivity index (χ3n) is 5.10. The molecular weight excluding hydrogens is 433 g/mol. The van der Waals surface area contributed by atoms with Crippen molar-refractivity contribution in [2.45, 2.75) is 40.3 Å². The Hall–Kier alpha value is -2.94. The molecule has 0 aliphatic carbocycles. The van der Waals surface area contributed by atoms with Crippen LogP contribution in [-0.2, 0) is 26.2 Å². The first-order valence-corrected chi connectivity index (χ1v) is 12.2. The van der Waals surface area contributed by atoms with Crippen LogP contribution >= 0.6 is 0 Å². The third kappa shape index (κ3) is 6.53. The summed E-state index contributed by atoms with van der Waals surface area (Å²) in [6, 6.07) is 10.1. The molecule has 2 rings (SSSR count). The molecule has 2 aromatic rings. The van der Waals surface area contributed by atoms with Crippen molar-refractivity contribution in [3.05, 3.63) is 65.0 Å². The fraction of sp³-hybridized carbons (Fsp3) is 0.391. The Morgan fingerprint density at radius 1 is 1.09 bits per heavy atom. The van der Waals surface area contributed by atoms with E-state index in [-0.39, 0.29) is 12.5 Å². The van der Waals surface area contributed by atoms with E-state index in [9.17, 15) is 22.4 Å². The van der Waals surface area contributed by atoms with Gasteiger partial charge in [-0.15, -0.1) is 0 Å². The zero-order valence-electron chi connectivity index (χ0n) is 19.1. The van der Waals surface area contributed by atoms with Gasteiger partial charge in [0.05, 0.1) is 11.9 Å². The minimum Gasteiger partial charge on any atom is -0.355 e. The lowest BCUT2D eigenvalue weighted by molar-refractivity contribution is -0.139. The second kappa shape index (κ2) is 10.6. The molecule has 0 fully saturated rings. The van der Waals surface area contributed by atoms with E-state index in [4.69, 9.17) is 0 Å². The molecule has 0 bridgehead atoms. The second-order valence-electron chi connectivity index (χ2n) is 7.78. The van der Waals surface area contributed by atoms with Gasteiger partial charge in [-0.25, -0.2) is 12.8 Å². The van der Waals surface area contributed by atoms with Gasteiger partial charge in [0.1, 0.15) is 18.4 Å². The average molecular weight is 464 g/mol. The van der Waals surface area contributed by atoms with Crippen molar-refractivity contribution in [3.63, 3.8) is 0 Å². The summed E-state index contributed by atoms with van der Waals surface area (Å²) in [5, 5.41) is 2.68. The number of anilines is 1. The Bertz CT molecular complexity index is 1070. The van der Waals surface area contributed by atoms with E-state index in [0.29, 0.717) is 23.4 Å². The first-order valence-electron chi connectivity index (χ1n) is 10.3. The van der Waals surface area contributed by atoms with Gasteiger partial charge in [-0.1, -0.05) is 24.3 Å². The predicted molar refractivity (Wildman–Crippen MR) is 123 cm³/mol. The minimum atomic E-state index is -3.78. The van der Waals surface area contributed by atoms with Gasteiger partial charge in [0.2, 0.25) is 21.8 Å². The monoisotopic (exact) mass is 463 g/mol. The maximum absolute atomic E-state index is 13.4. The molecule has 0 heterocycles. The van der Waals surface area contributed by atoms with Crippen LogP contribution in [0.4, 0.5) is 10.1 Å². The molecule has 0 spiro atoms. The summed E-state index contributed by atoms with van der Waals surface area (Å²) in [4.78, 5) is 27.2. The molecule has 32 heavy (non-hydrogen) atoms. The van der Waals surface area contributed by atoms with Crippen LogP contribution in [0.3, 0.4) is 0 Å². The standard InChI is InChI=1S/C23H30FN3O4S/c1-6-25-23(29)18(4)26(14-19-9-11-20(24)12-10-19)22(28)15-27(32(5,30)31)21-13-16(2)7-8-17(21)3/h7-13,18H,6,14-15H2,1-5H3,(H,25,29)/t18-/m1/s1. The number of sulfonamides is 1. The summed E-state index contributed by atoms with van der Waals surface area (Å²) in [6.45, 7) is 6.90. The first kappa shape index (κ1) is 25.3. The smallest absolute Gasteiger partial charge is 0.244 e. The number of hydrogen-bond acceptors (Lipinski definition) is 4. The van der Waals surface area contributed by atoms with Crippen LogP contribution in [0.2, 0.25) is 0 Å². The number of carbonyl (C=O) groups excluding carboxylic acids is 2. The normalized spacial score (nSPS) is 12.2. The minimum absolute atomic E-state index is 0.0296. The summed E-state index contributed by atoms with van der Waals surface area (Å²) in [6.07, 6.45) is 1.04.